The number of anilines is 2. The van der Waals surface area contributed by atoms with Crippen molar-refractivity contribution in [3.05, 3.63) is 63.2 Å². The van der Waals surface area contributed by atoms with Gasteiger partial charge in [-0.25, -0.2) is 9.59 Å². The molecule has 32 heavy (non-hydrogen) atoms. The molecule has 0 spiro atoms. The quantitative estimate of drug-likeness (QED) is 0.222. The highest BCUT2D eigenvalue weighted by Gasteiger charge is 2.25. The van der Waals surface area contributed by atoms with E-state index in [1.807, 2.05) is 0 Å². The molecule has 0 aliphatic carbocycles. The molecule has 0 bridgehead atoms. The van der Waals surface area contributed by atoms with E-state index < -0.39 is 29.4 Å². The number of carbonyl (C=O) groups is 3. The molecule has 0 aliphatic heterocycles. The zero-order valence-corrected chi connectivity index (χ0v) is 17.5. The van der Waals surface area contributed by atoms with Gasteiger partial charge in [0.15, 0.2) is 6.61 Å². The lowest BCUT2D eigenvalue weighted by Gasteiger charge is -2.09. The predicted molar refractivity (Wildman–Crippen MR) is 114 cm³/mol. The van der Waals surface area contributed by atoms with Gasteiger partial charge < -0.3 is 24.9 Å². The van der Waals surface area contributed by atoms with Crippen LogP contribution in [-0.2, 0) is 14.3 Å². The third kappa shape index (κ3) is 4.92. The fraction of sp³-hybridized carbons (Fsp3) is 0.150. The Balaban J connectivity index is 1.73. The van der Waals surface area contributed by atoms with E-state index in [2.05, 4.69) is 5.32 Å². The number of nitrogens with one attached hydrogen (secondary N) is 1. The fourth-order valence-corrected chi connectivity index (χ4v) is 3.63. The Morgan fingerprint density at radius 2 is 2.00 bits per heavy atom. The average Bonchev–Trinajstić information content (AvgIpc) is 3.42. The second-order valence-corrected chi connectivity index (χ2v) is 7.08. The van der Waals surface area contributed by atoms with E-state index >= 15 is 0 Å². The Kier molecular flexibility index (Phi) is 6.85. The maximum atomic E-state index is 12.4. The van der Waals surface area contributed by atoms with Gasteiger partial charge >= 0.3 is 11.9 Å². The fourth-order valence-electron chi connectivity index (χ4n) is 2.68. The van der Waals surface area contributed by atoms with Crippen LogP contribution in [0.15, 0.2) is 46.4 Å². The lowest BCUT2D eigenvalue weighted by molar-refractivity contribution is -0.384. The Morgan fingerprint density at radius 3 is 2.66 bits per heavy atom. The third-order valence-electron chi connectivity index (χ3n) is 4.11. The molecule has 3 aromatic rings. The number of nitrogens with two attached hydrogens (primary N) is 1. The van der Waals surface area contributed by atoms with Crippen molar-refractivity contribution in [2.24, 2.45) is 0 Å². The summed E-state index contributed by atoms with van der Waals surface area (Å²) in [6, 6.07) is 6.61. The number of hydrogen-bond donors (Lipinski definition) is 2. The molecule has 3 rings (SSSR count). The molecule has 0 unspecified atom stereocenters. The number of thiophene rings is 1. The van der Waals surface area contributed by atoms with Gasteiger partial charge in [-0.15, -0.1) is 11.3 Å². The molecule has 0 radical (unpaired) electrons. The van der Waals surface area contributed by atoms with E-state index in [1.165, 1.54) is 12.3 Å². The molecule has 3 N–H and O–H groups in total. The minimum Gasteiger partial charge on any atom is -0.464 e. The summed E-state index contributed by atoms with van der Waals surface area (Å²) in [4.78, 5) is 47.2. The summed E-state index contributed by atoms with van der Waals surface area (Å²) in [6.07, 6.45) is 1.44. The van der Waals surface area contributed by atoms with Crippen LogP contribution in [0.4, 0.5) is 16.4 Å². The van der Waals surface area contributed by atoms with Gasteiger partial charge in [-0.05, 0) is 25.1 Å². The summed E-state index contributed by atoms with van der Waals surface area (Å²) in [5, 5.41) is 15.2. The van der Waals surface area contributed by atoms with Crippen molar-refractivity contribution in [3.63, 3.8) is 0 Å². The van der Waals surface area contributed by atoms with Crippen LogP contribution < -0.4 is 11.1 Å². The Hall–Kier alpha value is -4.19. The Bertz CT molecular complexity index is 1170. The third-order valence-corrected chi connectivity index (χ3v) is 5.01. The highest BCUT2D eigenvalue weighted by molar-refractivity contribution is 7.15. The van der Waals surface area contributed by atoms with Crippen molar-refractivity contribution in [2.45, 2.75) is 6.92 Å². The first-order valence-corrected chi connectivity index (χ1v) is 10.0. The molecule has 0 atom stereocenters. The SMILES string of the molecule is CCOC(=O)c1c(-c2ccco2)csc1NC(=O)COC(=O)c1cc([N+](=O)[O-])ccc1N. The van der Waals surface area contributed by atoms with Gasteiger partial charge in [0.25, 0.3) is 11.6 Å². The zero-order valence-electron chi connectivity index (χ0n) is 16.7. The lowest BCUT2D eigenvalue weighted by atomic mass is 10.1. The molecule has 0 saturated carbocycles. The number of nitro benzene ring substituents is 1. The molecular weight excluding hydrogens is 442 g/mol. The number of rotatable bonds is 8. The van der Waals surface area contributed by atoms with Gasteiger partial charge in [0.2, 0.25) is 0 Å². The molecular formula is C20H17N3O8S. The minimum atomic E-state index is -1.01. The molecule has 2 heterocycles. The van der Waals surface area contributed by atoms with Gasteiger partial charge in [0.05, 0.1) is 23.4 Å². The number of carbonyl (C=O) groups excluding carboxylic acids is 3. The predicted octanol–water partition coefficient (Wildman–Crippen LogP) is 3.47. The monoisotopic (exact) mass is 459 g/mol. The number of amides is 1. The van der Waals surface area contributed by atoms with Crippen molar-refractivity contribution < 1.29 is 33.2 Å². The second-order valence-electron chi connectivity index (χ2n) is 6.20. The van der Waals surface area contributed by atoms with Gasteiger partial charge in [0, 0.05) is 28.8 Å². The normalized spacial score (nSPS) is 10.4. The van der Waals surface area contributed by atoms with E-state index in [9.17, 15) is 24.5 Å². The van der Waals surface area contributed by atoms with Crippen LogP contribution in [0.25, 0.3) is 11.3 Å². The number of nitrogen functional groups attached to an aromatic ring is 1. The second kappa shape index (κ2) is 9.75. The number of hydrogen-bond acceptors (Lipinski definition) is 10. The highest BCUT2D eigenvalue weighted by Crippen LogP contribution is 2.36. The lowest BCUT2D eigenvalue weighted by Crippen LogP contribution is -2.22. The molecule has 1 amide bonds. The first kappa shape index (κ1) is 22.5. The average molecular weight is 459 g/mol. The molecule has 0 aliphatic rings. The number of furan rings is 1. The van der Waals surface area contributed by atoms with Crippen molar-refractivity contribution in [3.8, 4) is 11.3 Å². The summed E-state index contributed by atoms with van der Waals surface area (Å²) in [5.41, 5.74) is 5.59. The van der Waals surface area contributed by atoms with E-state index in [1.54, 1.807) is 24.4 Å². The number of nitrogens with zero attached hydrogens (tertiary/aromatic N) is 1. The topological polar surface area (TPSA) is 164 Å². The van der Waals surface area contributed by atoms with E-state index in [0.717, 1.165) is 23.5 Å². The van der Waals surface area contributed by atoms with Crippen LogP contribution in [0.5, 0.6) is 0 Å². The van der Waals surface area contributed by atoms with Gasteiger partial charge in [-0.3, -0.25) is 14.9 Å². The largest absolute Gasteiger partial charge is 0.464 e. The molecule has 0 fully saturated rings. The number of non-ortho nitro benzene ring substituents is 1. The molecule has 1 aromatic carbocycles. The van der Waals surface area contributed by atoms with Crippen LogP contribution in [0.2, 0.25) is 0 Å². The zero-order chi connectivity index (χ0) is 23.3. The molecule has 2 aromatic heterocycles. The van der Waals surface area contributed by atoms with Gasteiger partial charge in [-0.1, -0.05) is 0 Å². The van der Waals surface area contributed by atoms with Crippen LogP contribution in [0, 0.1) is 10.1 Å². The van der Waals surface area contributed by atoms with Gasteiger partial charge in [-0.2, -0.15) is 0 Å². The van der Waals surface area contributed by atoms with Crippen LogP contribution in [0.3, 0.4) is 0 Å². The molecule has 12 heteroatoms. The van der Waals surface area contributed by atoms with Crippen LogP contribution in [-0.4, -0.2) is 36.0 Å². The van der Waals surface area contributed by atoms with Crippen molar-refractivity contribution >= 4 is 45.6 Å². The van der Waals surface area contributed by atoms with E-state index in [0.29, 0.717) is 11.3 Å². The molecule has 0 saturated heterocycles. The maximum absolute atomic E-state index is 12.4. The Labute approximate surface area is 184 Å². The number of esters is 2. The van der Waals surface area contributed by atoms with E-state index in [-0.39, 0.29) is 34.1 Å². The number of benzene rings is 1. The van der Waals surface area contributed by atoms with Crippen molar-refractivity contribution in [1.29, 1.82) is 0 Å². The minimum absolute atomic E-state index is 0.0352. The highest BCUT2D eigenvalue weighted by atomic mass is 32.1. The number of nitro groups is 1. The van der Waals surface area contributed by atoms with E-state index in [4.69, 9.17) is 19.6 Å². The summed E-state index contributed by atoms with van der Waals surface area (Å²) < 4.78 is 15.3. The summed E-state index contributed by atoms with van der Waals surface area (Å²) in [6.45, 7) is 1.06. The summed E-state index contributed by atoms with van der Waals surface area (Å²) >= 11 is 1.07. The van der Waals surface area contributed by atoms with Crippen LogP contribution in [0.1, 0.15) is 27.6 Å². The van der Waals surface area contributed by atoms with Gasteiger partial charge in [0.1, 0.15) is 16.3 Å². The summed E-state index contributed by atoms with van der Waals surface area (Å²) in [5.74, 6) is -1.98. The maximum Gasteiger partial charge on any atom is 0.341 e. The Morgan fingerprint density at radius 1 is 1.22 bits per heavy atom. The first-order chi connectivity index (χ1) is 15.3. The molecule has 11 nitrogen and oxygen atoms in total. The van der Waals surface area contributed by atoms with Crippen molar-refractivity contribution in [1.82, 2.24) is 0 Å². The number of ether oxygens (including phenoxy) is 2. The first-order valence-electron chi connectivity index (χ1n) is 9.15. The van der Waals surface area contributed by atoms with Crippen molar-refractivity contribution in [2.75, 3.05) is 24.3 Å². The summed E-state index contributed by atoms with van der Waals surface area (Å²) in [7, 11) is 0. The van der Waals surface area contributed by atoms with Crippen LogP contribution >= 0.6 is 11.3 Å². The smallest absolute Gasteiger partial charge is 0.341 e. The standard InChI is InChI=1S/C20H17N3O8S/c1-2-29-20(26)17-13(15-4-3-7-30-15)10-32-18(17)22-16(24)9-31-19(25)12-8-11(23(27)28)5-6-14(12)21/h3-8,10H,2,9,21H2,1H3,(H,22,24). The molecule has 166 valence electrons.